The van der Waals surface area contributed by atoms with Crippen molar-refractivity contribution in [2.45, 2.75) is 38.0 Å². The Morgan fingerprint density at radius 3 is 3.14 bits per heavy atom. The van der Waals surface area contributed by atoms with Crippen molar-refractivity contribution >= 4 is 0 Å². The lowest BCUT2D eigenvalue weighted by Crippen LogP contribution is -2.32. The molecular weight excluding hydrogens is 282 g/mol. The predicted molar refractivity (Wildman–Crippen MR) is 81.2 cm³/mol. The van der Waals surface area contributed by atoms with Crippen LogP contribution in [0.1, 0.15) is 25.3 Å². The quantitative estimate of drug-likeness (QED) is 0.853. The zero-order chi connectivity index (χ0) is 15.0. The summed E-state index contributed by atoms with van der Waals surface area (Å²) in [6.07, 6.45) is 2.40. The second-order valence-corrected chi connectivity index (χ2v) is 6.42. The molecule has 0 bridgehead atoms. The number of hydrogen-bond acceptors (Lipinski definition) is 5. The maximum atomic E-state index is 6.10. The lowest BCUT2D eigenvalue weighted by Gasteiger charge is -2.23. The minimum Gasteiger partial charge on any atom is -0.454 e. The molecule has 22 heavy (non-hydrogen) atoms. The highest BCUT2D eigenvalue weighted by molar-refractivity contribution is 5.44. The molecule has 4 rings (SSSR count). The first-order valence-corrected chi connectivity index (χ1v) is 8.13. The molecule has 0 aliphatic carbocycles. The van der Waals surface area contributed by atoms with Gasteiger partial charge in [0.1, 0.15) is 0 Å². The van der Waals surface area contributed by atoms with Crippen LogP contribution in [-0.2, 0) is 16.0 Å². The molecule has 0 unspecified atom stereocenters. The predicted octanol–water partition coefficient (Wildman–Crippen LogP) is 2.19. The van der Waals surface area contributed by atoms with Gasteiger partial charge in [-0.15, -0.1) is 0 Å². The summed E-state index contributed by atoms with van der Waals surface area (Å²) in [4.78, 5) is 2.46. The molecular formula is C17H23NO4. The van der Waals surface area contributed by atoms with Gasteiger partial charge in [-0.3, -0.25) is 4.90 Å². The van der Waals surface area contributed by atoms with Crippen LogP contribution >= 0.6 is 0 Å². The van der Waals surface area contributed by atoms with Crippen LogP contribution in [0, 0.1) is 0 Å². The molecule has 0 radical (unpaired) electrons. The van der Waals surface area contributed by atoms with Crippen molar-refractivity contribution in [3.05, 3.63) is 23.8 Å². The highest BCUT2D eigenvalue weighted by Crippen LogP contribution is 2.37. The van der Waals surface area contributed by atoms with Gasteiger partial charge in [0.2, 0.25) is 6.79 Å². The molecule has 3 aliphatic rings. The van der Waals surface area contributed by atoms with Gasteiger partial charge in [0, 0.05) is 32.7 Å². The number of ether oxygens (including phenoxy) is 4. The topological polar surface area (TPSA) is 40.2 Å². The van der Waals surface area contributed by atoms with Gasteiger partial charge in [0.15, 0.2) is 11.5 Å². The van der Waals surface area contributed by atoms with Crippen LogP contribution in [0.5, 0.6) is 11.5 Å². The van der Waals surface area contributed by atoms with Crippen LogP contribution in [0.15, 0.2) is 18.2 Å². The van der Waals surface area contributed by atoms with Crippen LogP contribution in [0.3, 0.4) is 0 Å². The van der Waals surface area contributed by atoms with E-state index >= 15 is 0 Å². The first-order chi connectivity index (χ1) is 10.8. The highest BCUT2D eigenvalue weighted by atomic mass is 16.7. The molecule has 1 aromatic carbocycles. The number of fused-ring (bicyclic) bond motifs is 1. The van der Waals surface area contributed by atoms with Gasteiger partial charge in [-0.1, -0.05) is 6.07 Å². The summed E-state index contributed by atoms with van der Waals surface area (Å²) in [7, 11) is 0. The molecule has 5 nitrogen and oxygen atoms in total. The second kappa shape index (κ2) is 5.72. The smallest absolute Gasteiger partial charge is 0.231 e. The van der Waals surface area contributed by atoms with Crippen LogP contribution in [0.25, 0.3) is 0 Å². The Morgan fingerprint density at radius 1 is 1.32 bits per heavy atom. The minimum atomic E-state index is 0.0101. The van der Waals surface area contributed by atoms with E-state index in [1.54, 1.807) is 0 Å². The fourth-order valence-corrected chi connectivity index (χ4v) is 3.79. The Balaban J connectivity index is 1.37. The van der Waals surface area contributed by atoms with Gasteiger partial charge in [-0.05, 0) is 31.0 Å². The molecule has 3 heterocycles. The summed E-state index contributed by atoms with van der Waals surface area (Å²) in [5.41, 5.74) is 1.27. The fraction of sp³-hybridized carbons (Fsp3) is 0.647. The summed E-state index contributed by atoms with van der Waals surface area (Å²) in [6, 6.07) is 6.21. The van der Waals surface area contributed by atoms with E-state index in [2.05, 4.69) is 17.0 Å². The summed E-state index contributed by atoms with van der Waals surface area (Å²) in [6.45, 7) is 6.89. The normalized spacial score (nSPS) is 30.5. The third-order valence-electron chi connectivity index (χ3n) is 4.82. The van der Waals surface area contributed by atoms with Crippen molar-refractivity contribution < 1.29 is 18.9 Å². The molecule has 0 amide bonds. The molecule has 0 aromatic heterocycles. The monoisotopic (exact) mass is 305 g/mol. The highest BCUT2D eigenvalue weighted by Gasteiger charge is 2.45. The number of likely N-dealkylation sites (tertiary alicyclic amines) is 1. The van der Waals surface area contributed by atoms with Gasteiger partial charge < -0.3 is 18.9 Å². The minimum absolute atomic E-state index is 0.0101. The summed E-state index contributed by atoms with van der Waals surface area (Å²) in [5, 5.41) is 0. The Kier molecular flexibility index (Phi) is 3.72. The second-order valence-electron chi connectivity index (χ2n) is 6.42. The van der Waals surface area contributed by atoms with Crippen molar-refractivity contribution in [3.8, 4) is 11.5 Å². The number of nitrogens with zero attached hydrogens (tertiary/aromatic N) is 1. The fourth-order valence-electron chi connectivity index (χ4n) is 3.79. The van der Waals surface area contributed by atoms with E-state index in [0.29, 0.717) is 6.79 Å². The molecule has 3 aliphatic heterocycles. The van der Waals surface area contributed by atoms with E-state index in [4.69, 9.17) is 18.9 Å². The summed E-state index contributed by atoms with van der Waals surface area (Å²) in [5.74, 6) is 1.71. The molecule has 1 aromatic rings. The van der Waals surface area contributed by atoms with Crippen molar-refractivity contribution in [1.82, 2.24) is 4.90 Å². The first kappa shape index (κ1) is 14.3. The third-order valence-corrected chi connectivity index (χ3v) is 4.82. The first-order valence-electron chi connectivity index (χ1n) is 8.13. The lowest BCUT2D eigenvalue weighted by atomic mass is 9.98. The molecule has 2 fully saturated rings. The molecule has 2 atom stereocenters. The Morgan fingerprint density at radius 2 is 2.23 bits per heavy atom. The van der Waals surface area contributed by atoms with Gasteiger partial charge in [-0.25, -0.2) is 0 Å². The van der Waals surface area contributed by atoms with Crippen LogP contribution in [-0.4, -0.2) is 49.7 Å². The average Bonchev–Trinajstić information content (AvgIpc) is 3.21. The third kappa shape index (κ3) is 2.69. The molecule has 2 saturated heterocycles. The van der Waals surface area contributed by atoms with Crippen LogP contribution in [0.4, 0.5) is 0 Å². The molecule has 0 N–H and O–H groups in total. The van der Waals surface area contributed by atoms with E-state index in [-0.39, 0.29) is 11.7 Å². The zero-order valence-electron chi connectivity index (χ0n) is 13.0. The summed E-state index contributed by atoms with van der Waals surface area (Å²) < 4.78 is 22.6. The van der Waals surface area contributed by atoms with Crippen molar-refractivity contribution in [2.24, 2.45) is 0 Å². The van der Waals surface area contributed by atoms with E-state index in [1.807, 2.05) is 13.0 Å². The Labute approximate surface area is 131 Å². The van der Waals surface area contributed by atoms with E-state index in [1.165, 1.54) is 5.56 Å². The van der Waals surface area contributed by atoms with Gasteiger partial charge >= 0.3 is 0 Å². The number of hydrogen-bond donors (Lipinski definition) is 0. The van der Waals surface area contributed by atoms with E-state index in [9.17, 15) is 0 Å². The average molecular weight is 305 g/mol. The standard InChI is InChI=1S/C17H23NO4/c1-2-19-14-8-17(22-10-14)5-6-18(11-17)9-13-3-4-15-16(7-13)21-12-20-15/h3-4,7,14H,2,5-6,8-12H2,1H3/t14-,17+/m0/s1. The zero-order valence-corrected chi connectivity index (χ0v) is 13.0. The van der Waals surface area contributed by atoms with Gasteiger partial charge in [0.25, 0.3) is 0 Å². The maximum Gasteiger partial charge on any atom is 0.231 e. The maximum absolute atomic E-state index is 6.10. The van der Waals surface area contributed by atoms with Crippen molar-refractivity contribution in [3.63, 3.8) is 0 Å². The Bertz CT molecular complexity index is 549. The number of benzene rings is 1. The van der Waals surface area contributed by atoms with Crippen molar-refractivity contribution in [1.29, 1.82) is 0 Å². The van der Waals surface area contributed by atoms with Crippen molar-refractivity contribution in [2.75, 3.05) is 33.1 Å². The SMILES string of the molecule is CCO[C@@H]1CO[C@]2(CCN(Cc3ccc4c(c3)OCO4)C2)C1. The van der Waals surface area contributed by atoms with Crippen LogP contribution in [0.2, 0.25) is 0 Å². The molecule has 5 heteroatoms. The molecule has 1 spiro atoms. The summed E-state index contributed by atoms with van der Waals surface area (Å²) >= 11 is 0. The van der Waals surface area contributed by atoms with Crippen LogP contribution < -0.4 is 9.47 Å². The van der Waals surface area contributed by atoms with Gasteiger partial charge in [-0.2, -0.15) is 0 Å². The lowest BCUT2D eigenvalue weighted by molar-refractivity contribution is 0.00318. The van der Waals surface area contributed by atoms with E-state index in [0.717, 1.165) is 57.2 Å². The Hall–Kier alpha value is -1.30. The van der Waals surface area contributed by atoms with Gasteiger partial charge in [0.05, 0.1) is 18.3 Å². The number of rotatable bonds is 4. The largest absolute Gasteiger partial charge is 0.454 e. The molecule has 0 saturated carbocycles. The van der Waals surface area contributed by atoms with E-state index < -0.39 is 0 Å². The molecule has 120 valence electrons.